The van der Waals surface area contributed by atoms with Gasteiger partial charge in [-0.25, -0.2) is 0 Å². The molecule has 0 amide bonds. The molecule has 0 unspecified atom stereocenters. The van der Waals surface area contributed by atoms with Gasteiger partial charge in [0, 0.05) is 10.5 Å². The van der Waals surface area contributed by atoms with Crippen molar-refractivity contribution >= 4 is 11.8 Å². The number of thioether (sulfide) groups is 1. The first-order valence-electron chi connectivity index (χ1n) is 11.7. The van der Waals surface area contributed by atoms with Crippen LogP contribution in [0.15, 0.2) is 83.8 Å². The van der Waals surface area contributed by atoms with Gasteiger partial charge in [-0.05, 0) is 36.8 Å². The summed E-state index contributed by atoms with van der Waals surface area (Å²) in [5.74, 6) is 0.785. The second-order valence-corrected chi connectivity index (χ2v) is 9.94. The third-order valence-corrected chi connectivity index (χ3v) is 7.42. The molecule has 2 fully saturated rings. The topological polar surface area (TPSA) is 66.4 Å². The number of fused-ring (bicyclic) bond motifs is 1. The summed E-state index contributed by atoms with van der Waals surface area (Å²) in [6, 6.07) is 25.7. The van der Waals surface area contributed by atoms with E-state index in [1.165, 1.54) is 17.3 Å². The molecule has 2 aliphatic rings. The summed E-state index contributed by atoms with van der Waals surface area (Å²) in [6.07, 6.45) is -2.86. The van der Waals surface area contributed by atoms with Crippen LogP contribution >= 0.6 is 11.8 Å². The molecule has 2 aliphatic heterocycles. The zero-order valence-electron chi connectivity index (χ0n) is 19.8. The first kappa shape index (κ1) is 24.3. The number of aliphatic hydroxyl groups excluding tert-OH is 1. The molecule has 0 radical (unpaired) electrons. The maximum atomic E-state index is 11.4. The fourth-order valence-electron chi connectivity index (χ4n) is 4.30. The molecule has 2 heterocycles. The van der Waals surface area contributed by atoms with Crippen LogP contribution in [0, 0.1) is 6.92 Å². The highest BCUT2D eigenvalue weighted by Gasteiger charge is 2.50. The van der Waals surface area contributed by atoms with Crippen molar-refractivity contribution in [2.24, 2.45) is 0 Å². The second-order valence-electron chi connectivity index (χ2n) is 8.76. The van der Waals surface area contributed by atoms with Crippen molar-refractivity contribution in [1.29, 1.82) is 0 Å². The Morgan fingerprint density at radius 2 is 1.69 bits per heavy atom. The molecule has 35 heavy (non-hydrogen) atoms. The van der Waals surface area contributed by atoms with E-state index in [0.717, 1.165) is 21.8 Å². The van der Waals surface area contributed by atoms with Gasteiger partial charge in [0.1, 0.15) is 35.6 Å². The normalized spacial score (nSPS) is 28.3. The van der Waals surface area contributed by atoms with Crippen LogP contribution < -0.4 is 4.74 Å². The lowest BCUT2D eigenvalue weighted by Gasteiger charge is -2.47. The fraction of sp³-hybridized carbons (Fsp3) is 0.357. The highest BCUT2D eigenvalue weighted by Crippen LogP contribution is 2.40. The largest absolute Gasteiger partial charge is 0.497 e. The summed E-state index contributed by atoms with van der Waals surface area (Å²) < 4.78 is 30.2. The average Bonchev–Trinajstić information content (AvgIpc) is 2.90. The molecule has 7 heteroatoms. The lowest BCUT2D eigenvalue weighted by atomic mass is 9.98. The van der Waals surface area contributed by atoms with Gasteiger partial charge in [0.2, 0.25) is 0 Å². The first-order chi connectivity index (χ1) is 17.1. The summed E-state index contributed by atoms with van der Waals surface area (Å²) in [5, 5.41) is 11.4. The van der Waals surface area contributed by atoms with Crippen LogP contribution in [0.3, 0.4) is 0 Å². The van der Waals surface area contributed by atoms with Crippen LogP contribution in [0.2, 0.25) is 0 Å². The minimum absolute atomic E-state index is 0.330. The Morgan fingerprint density at radius 3 is 2.40 bits per heavy atom. The molecule has 6 atom stereocenters. The molecule has 0 saturated carbocycles. The summed E-state index contributed by atoms with van der Waals surface area (Å²) in [5.41, 5.74) is 2.57. The van der Waals surface area contributed by atoms with Gasteiger partial charge in [0.25, 0.3) is 0 Å². The quantitative estimate of drug-likeness (QED) is 0.502. The fourth-order valence-corrected chi connectivity index (χ4v) is 5.35. The standard InChI is InChI=1S/C28H30O6S/c1-18-8-14-22(15-9-18)35-28-24(29)26(31-16-19-10-12-21(30-2)13-11-19)25-23(33-28)17-32-27(34-25)20-6-4-3-5-7-20/h3-15,23-29H,16-17H2,1-2H3/t23-,24+,25-,26-,27-,28-/m1/s1. The van der Waals surface area contributed by atoms with Gasteiger partial charge in [-0.3, -0.25) is 0 Å². The Labute approximate surface area is 210 Å². The Morgan fingerprint density at radius 1 is 0.943 bits per heavy atom. The van der Waals surface area contributed by atoms with Gasteiger partial charge in [0.05, 0.1) is 20.3 Å². The van der Waals surface area contributed by atoms with Gasteiger partial charge in [-0.1, -0.05) is 71.9 Å². The van der Waals surface area contributed by atoms with Gasteiger partial charge >= 0.3 is 0 Å². The van der Waals surface area contributed by atoms with Gasteiger partial charge in [-0.2, -0.15) is 0 Å². The number of ether oxygens (including phenoxy) is 5. The predicted molar refractivity (Wildman–Crippen MR) is 133 cm³/mol. The number of methoxy groups -OCH3 is 1. The van der Waals surface area contributed by atoms with E-state index in [1.807, 2.05) is 73.7 Å². The summed E-state index contributed by atoms with van der Waals surface area (Å²) >= 11 is 1.48. The van der Waals surface area contributed by atoms with Crippen LogP contribution in [0.1, 0.15) is 23.0 Å². The molecule has 0 aromatic heterocycles. The molecular weight excluding hydrogens is 464 g/mol. The monoisotopic (exact) mass is 494 g/mol. The first-order valence-corrected chi connectivity index (χ1v) is 12.6. The van der Waals surface area contributed by atoms with Crippen molar-refractivity contribution in [3.8, 4) is 5.75 Å². The molecule has 0 spiro atoms. The number of benzene rings is 3. The molecular formula is C28H30O6S. The number of hydrogen-bond donors (Lipinski definition) is 1. The number of hydrogen-bond acceptors (Lipinski definition) is 7. The van der Waals surface area contributed by atoms with E-state index in [2.05, 4.69) is 12.1 Å². The molecule has 1 N–H and O–H groups in total. The Kier molecular flexibility index (Phi) is 7.72. The van der Waals surface area contributed by atoms with E-state index in [-0.39, 0.29) is 6.10 Å². The molecule has 3 aromatic rings. The molecule has 0 bridgehead atoms. The predicted octanol–water partition coefficient (Wildman–Crippen LogP) is 4.88. The molecule has 5 rings (SSSR count). The third-order valence-electron chi connectivity index (χ3n) is 6.25. The lowest BCUT2D eigenvalue weighted by Crippen LogP contribution is -2.61. The maximum Gasteiger partial charge on any atom is 0.184 e. The minimum atomic E-state index is -0.893. The summed E-state index contributed by atoms with van der Waals surface area (Å²) in [6.45, 7) is 2.73. The van der Waals surface area contributed by atoms with Crippen LogP contribution in [-0.2, 0) is 25.6 Å². The number of rotatable bonds is 7. The second kappa shape index (κ2) is 11.1. The summed E-state index contributed by atoms with van der Waals surface area (Å²) in [4.78, 5) is 1.02. The van der Waals surface area contributed by atoms with Gasteiger partial charge in [-0.15, -0.1) is 0 Å². The van der Waals surface area contributed by atoms with Crippen LogP contribution in [0.25, 0.3) is 0 Å². The smallest absolute Gasteiger partial charge is 0.184 e. The minimum Gasteiger partial charge on any atom is -0.497 e. The van der Waals surface area contributed by atoms with Crippen molar-refractivity contribution in [2.75, 3.05) is 13.7 Å². The van der Waals surface area contributed by atoms with Crippen LogP contribution in [-0.4, -0.2) is 48.7 Å². The van der Waals surface area contributed by atoms with Crippen molar-refractivity contribution in [2.45, 2.75) is 54.6 Å². The van der Waals surface area contributed by atoms with Gasteiger partial charge < -0.3 is 28.8 Å². The zero-order valence-corrected chi connectivity index (χ0v) is 20.6. The van der Waals surface area contributed by atoms with Crippen molar-refractivity contribution < 1.29 is 28.8 Å². The van der Waals surface area contributed by atoms with E-state index in [1.54, 1.807) is 7.11 Å². The Hall–Kier alpha value is -2.39. The van der Waals surface area contributed by atoms with E-state index >= 15 is 0 Å². The van der Waals surface area contributed by atoms with Gasteiger partial charge in [0.15, 0.2) is 6.29 Å². The molecule has 3 aromatic carbocycles. The van der Waals surface area contributed by atoms with Crippen molar-refractivity contribution in [3.05, 3.63) is 95.6 Å². The van der Waals surface area contributed by atoms with E-state index < -0.39 is 30.0 Å². The maximum absolute atomic E-state index is 11.4. The zero-order chi connectivity index (χ0) is 24.2. The van der Waals surface area contributed by atoms with E-state index in [4.69, 9.17) is 23.7 Å². The van der Waals surface area contributed by atoms with E-state index in [0.29, 0.717) is 13.2 Å². The van der Waals surface area contributed by atoms with Crippen molar-refractivity contribution in [3.63, 3.8) is 0 Å². The molecule has 6 nitrogen and oxygen atoms in total. The SMILES string of the molecule is COc1ccc(CO[C@@H]2[C@H](O)[C@@H](Sc3ccc(C)cc3)O[C@@H]3CO[C@@H](c4ccccc4)O[C@@H]23)cc1. The van der Waals surface area contributed by atoms with Crippen molar-refractivity contribution in [1.82, 2.24) is 0 Å². The lowest BCUT2D eigenvalue weighted by molar-refractivity contribution is -0.325. The third kappa shape index (κ3) is 5.72. The highest BCUT2D eigenvalue weighted by atomic mass is 32.2. The Bertz CT molecular complexity index is 1070. The average molecular weight is 495 g/mol. The molecule has 184 valence electrons. The highest BCUT2D eigenvalue weighted by molar-refractivity contribution is 7.99. The van der Waals surface area contributed by atoms with Crippen LogP contribution in [0.5, 0.6) is 5.75 Å². The summed E-state index contributed by atoms with van der Waals surface area (Å²) in [7, 11) is 1.64. The molecule has 0 aliphatic carbocycles. The number of aryl methyl sites for hydroxylation is 1. The Balaban J connectivity index is 1.35. The number of aliphatic hydroxyl groups is 1. The molecule has 2 saturated heterocycles. The van der Waals surface area contributed by atoms with Crippen LogP contribution in [0.4, 0.5) is 0 Å². The van der Waals surface area contributed by atoms with E-state index in [9.17, 15) is 5.11 Å².